The molecule has 6 nitrogen and oxygen atoms in total. The summed E-state index contributed by atoms with van der Waals surface area (Å²) in [5.74, 6) is 0.588. The molecule has 1 aromatic heterocycles. The van der Waals surface area contributed by atoms with Crippen molar-refractivity contribution in [2.24, 2.45) is 5.92 Å². The van der Waals surface area contributed by atoms with E-state index in [1.165, 1.54) is 30.3 Å². The molecule has 0 radical (unpaired) electrons. The van der Waals surface area contributed by atoms with Gasteiger partial charge in [-0.05, 0) is 61.2 Å². The molecule has 1 aliphatic rings. The Bertz CT molecular complexity index is 779. The number of nitrogens with one attached hydrogen (secondary N) is 2. The highest BCUT2D eigenvalue weighted by atomic mass is 19.1. The molecule has 2 aromatic rings. The Morgan fingerprint density at radius 2 is 1.93 bits per heavy atom. The topological polar surface area (TPSA) is 74.6 Å². The predicted molar refractivity (Wildman–Crippen MR) is 100 cm³/mol. The summed E-state index contributed by atoms with van der Waals surface area (Å²) in [6, 6.07) is 8.85. The molecule has 0 aliphatic carbocycles. The van der Waals surface area contributed by atoms with Crippen LogP contribution in [0.5, 0.6) is 0 Å². The second kappa shape index (κ2) is 9.02. The van der Waals surface area contributed by atoms with Crippen molar-refractivity contribution in [1.29, 1.82) is 0 Å². The molecule has 1 saturated heterocycles. The number of carbonyl (C=O) groups is 2. The molecule has 0 bridgehead atoms. The molecule has 0 atom stereocenters. The molecular weight excluding hydrogens is 349 g/mol. The van der Waals surface area contributed by atoms with Crippen LogP contribution in [0.1, 0.15) is 18.6 Å². The lowest BCUT2D eigenvalue weighted by Gasteiger charge is -2.31. The highest BCUT2D eigenvalue weighted by Crippen LogP contribution is 2.17. The molecule has 0 saturated carbocycles. The van der Waals surface area contributed by atoms with Gasteiger partial charge in [0.1, 0.15) is 11.6 Å². The van der Waals surface area contributed by atoms with Gasteiger partial charge < -0.3 is 20.0 Å². The monoisotopic (exact) mass is 371 g/mol. The van der Waals surface area contributed by atoms with Gasteiger partial charge in [0, 0.05) is 31.4 Å². The van der Waals surface area contributed by atoms with Crippen LogP contribution >= 0.6 is 0 Å². The number of benzene rings is 1. The fourth-order valence-corrected chi connectivity index (χ4v) is 2.95. The number of anilines is 1. The van der Waals surface area contributed by atoms with Crippen LogP contribution in [0, 0.1) is 11.7 Å². The molecule has 27 heavy (non-hydrogen) atoms. The first-order valence-electron chi connectivity index (χ1n) is 8.91. The van der Waals surface area contributed by atoms with Gasteiger partial charge in [0.05, 0.1) is 6.26 Å². The van der Waals surface area contributed by atoms with E-state index in [2.05, 4.69) is 10.6 Å². The zero-order valence-corrected chi connectivity index (χ0v) is 14.9. The number of likely N-dealkylation sites (tertiary alicyclic amines) is 1. The first-order valence-corrected chi connectivity index (χ1v) is 8.91. The maximum atomic E-state index is 12.9. The van der Waals surface area contributed by atoms with Crippen LogP contribution in [-0.2, 0) is 4.79 Å². The number of furan rings is 1. The maximum Gasteiger partial charge on any atom is 0.319 e. The minimum absolute atomic E-state index is 0.0353. The normalized spacial score (nSPS) is 15.1. The molecule has 2 heterocycles. The average Bonchev–Trinajstić information content (AvgIpc) is 3.20. The standard InChI is InChI=1S/C20H22FN3O3/c21-16-3-5-17(6-4-16)23-20(26)22-14-15-9-11-24(12-10-15)19(25)8-7-18-2-1-13-27-18/h1-8,13,15H,9-12,14H2,(H2,22,23,26)/b8-7+. The van der Waals surface area contributed by atoms with Crippen LogP contribution in [0.2, 0.25) is 0 Å². The van der Waals surface area contributed by atoms with Crippen molar-refractivity contribution in [3.63, 3.8) is 0 Å². The molecule has 1 fully saturated rings. The zero-order valence-electron chi connectivity index (χ0n) is 14.9. The van der Waals surface area contributed by atoms with Gasteiger partial charge in [-0.3, -0.25) is 4.79 Å². The van der Waals surface area contributed by atoms with Crippen LogP contribution < -0.4 is 10.6 Å². The van der Waals surface area contributed by atoms with Gasteiger partial charge in [0.2, 0.25) is 5.91 Å². The average molecular weight is 371 g/mol. The van der Waals surface area contributed by atoms with E-state index in [4.69, 9.17) is 4.42 Å². The minimum atomic E-state index is -0.346. The Hall–Kier alpha value is -3.09. The lowest BCUT2D eigenvalue weighted by molar-refractivity contribution is -0.127. The highest BCUT2D eigenvalue weighted by molar-refractivity contribution is 5.91. The summed E-state index contributed by atoms with van der Waals surface area (Å²) in [5, 5.41) is 5.50. The van der Waals surface area contributed by atoms with Crippen molar-refractivity contribution < 1.29 is 18.4 Å². The van der Waals surface area contributed by atoms with Gasteiger partial charge in [0.25, 0.3) is 0 Å². The van der Waals surface area contributed by atoms with Gasteiger partial charge in [-0.25, -0.2) is 9.18 Å². The third-order valence-electron chi connectivity index (χ3n) is 4.51. The summed E-state index contributed by atoms with van der Waals surface area (Å²) >= 11 is 0. The Morgan fingerprint density at radius 1 is 1.19 bits per heavy atom. The van der Waals surface area contributed by atoms with E-state index in [1.807, 2.05) is 0 Å². The number of halogens is 1. The van der Waals surface area contributed by atoms with Crippen molar-refractivity contribution in [1.82, 2.24) is 10.2 Å². The molecule has 3 rings (SSSR count). The summed E-state index contributed by atoms with van der Waals surface area (Å²) < 4.78 is 18.0. The van der Waals surface area contributed by atoms with Crippen LogP contribution in [0.15, 0.2) is 53.2 Å². The van der Waals surface area contributed by atoms with Crippen LogP contribution in [0.25, 0.3) is 6.08 Å². The number of hydrogen-bond donors (Lipinski definition) is 2. The number of nitrogens with zero attached hydrogens (tertiary/aromatic N) is 1. The van der Waals surface area contributed by atoms with E-state index in [0.29, 0.717) is 37.0 Å². The third kappa shape index (κ3) is 5.70. The summed E-state index contributed by atoms with van der Waals surface area (Å²) in [5.41, 5.74) is 0.540. The Labute approximate surface area is 157 Å². The van der Waals surface area contributed by atoms with Gasteiger partial charge >= 0.3 is 6.03 Å². The first kappa shape index (κ1) is 18.7. The highest BCUT2D eigenvalue weighted by Gasteiger charge is 2.22. The van der Waals surface area contributed by atoms with Crippen molar-refractivity contribution in [2.45, 2.75) is 12.8 Å². The fraction of sp³-hybridized carbons (Fsp3) is 0.300. The van der Waals surface area contributed by atoms with Crippen LogP contribution in [0.3, 0.4) is 0 Å². The maximum absolute atomic E-state index is 12.9. The van der Waals surface area contributed by atoms with Gasteiger partial charge in [-0.15, -0.1) is 0 Å². The molecule has 142 valence electrons. The number of piperidine rings is 1. The van der Waals surface area contributed by atoms with Gasteiger partial charge in [0.15, 0.2) is 0 Å². The van der Waals surface area contributed by atoms with Crippen molar-refractivity contribution >= 4 is 23.7 Å². The van der Waals surface area contributed by atoms with Crippen LogP contribution in [-0.4, -0.2) is 36.5 Å². The first-order chi connectivity index (χ1) is 13.1. The molecule has 7 heteroatoms. The molecule has 2 N–H and O–H groups in total. The quantitative estimate of drug-likeness (QED) is 0.790. The lowest BCUT2D eigenvalue weighted by Crippen LogP contribution is -2.41. The van der Waals surface area contributed by atoms with E-state index < -0.39 is 0 Å². The molecule has 1 aromatic carbocycles. The van der Waals surface area contributed by atoms with Crippen LogP contribution in [0.4, 0.5) is 14.9 Å². The zero-order chi connectivity index (χ0) is 19.1. The van der Waals surface area contributed by atoms with E-state index in [9.17, 15) is 14.0 Å². The van der Waals surface area contributed by atoms with Gasteiger partial charge in [-0.2, -0.15) is 0 Å². The van der Waals surface area contributed by atoms with Gasteiger partial charge in [-0.1, -0.05) is 0 Å². The second-order valence-electron chi connectivity index (χ2n) is 6.46. The van der Waals surface area contributed by atoms with E-state index in [1.54, 1.807) is 29.4 Å². The molecule has 3 amide bonds. The number of hydrogen-bond acceptors (Lipinski definition) is 3. The van der Waals surface area contributed by atoms with E-state index in [0.717, 1.165) is 12.8 Å². The molecule has 0 unspecified atom stereocenters. The van der Waals surface area contributed by atoms with Crippen molar-refractivity contribution in [2.75, 3.05) is 25.0 Å². The number of carbonyl (C=O) groups excluding carboxylic acids is 2. The van der Waals surface area contributed by atoms with E-state index in [-0.39, 0.29) is 17.8 Å². The Kier molecular flexibility index (Phi) is 6.25. The predicted octanol–water partition coefficient (Wildman–Crippen LogP) is 3.49. The molecule has 1 aliphatic heterocycles. The molecular formula is C20H22FN3O3. The summed E-state index contributed by atoms with van der Waals surface area (Å²) in [6.45, 7) is 1.86. The van der Waals surface area contributed by atoms with Crippen molar-refractivity contribution in [3.05, 3.63) is 60.3 Å². The number of urea groups is 1. The Morgan fingerprint density at radius 3 is 2.59 bits per heavy atom. The fourth-order valence-electron chi connectivity index (χ4n) is 2.95. The number of amides is 3. The molecule has 0 spiro atoms. The smallest absolute Gasteiger partial charge is 0.319 e. The summed E-state index contributed by atoms with van der Waals surface area (Å²) in [7, 11) is 0. The summed E-state index contributed by atoms with van der Waals surface area (Å²) in [6.07, 6.45) is 6.41. The number of rotatable bonds is 5. The summed E-state index contributed by atoms with van der Waals surface area (Å²) in [4.78, 5) is 25.9. The van der Waals surface area contributed by atoms with E-state index >= 15 is 0 Å². The lowest BCUT2D eigenvalue weighted by atomic mass is 9.97. The largest absolute Gasteiger partial charge is 0.465 e. The SMILES string of the molecule is O=C(NCC1CCN(C(=O)/C=C/c2ccco2)CC1)Nc1ccc(F)cc1. The minimum Gasteiger partial charge on any atom is -0.465 e. The second-order valence-corrected chi connectivity index (χ2v) is 6.46. The third-order valence-corrected chi connectivity index (χ3v) is 4.51. The van der Waals surface area contributed by atoms with Crippen molar-refractivity contribution in [3.8, 4) is 0 Å². The Balaban J connectivity index is 1.37.